The molecule has 1 fully saturated rings. The van der Waals surface area contributed by atoms with E-state index in [1.807, 2.05) is 0 Å². The summed E-state index contributed by atoms with van der Waals surface area (Å²) in [6.45, 7) is 5.21. The molecular weight excluding hydrogens is 322 g/mol. The third-order valence-corrected chi connectivity index (χ3v) is 5.39. The second-order valence-corrected chi connectivity index (χ2v) is 7.09. The van der Waals surface area contributed by atoms with Crippen LogP contribution in [-0.2, 0) is 9.59 Å². The molecule has 0 amide bonds. The summed E-state index contributed by atoms with van der Waals surface area (Å²) < 4.78 is 0. The highest BCUT2D eigenvalue weighted by molar-refractivity contribution is 5.73. The van der Waals surface area contributed by atoms with Crippen molar-refractivity contribution >= 4 is 11.9 Å². The Hall–Kier alpha value is -1.86. The predicted octanol–water partition coefficient (Wildman–Crippen LogP) is 1.30. The number of carboxylic acid groups (broad SMARTS) is 2. The summed E-state index contributed by atoms with van der Waals surface area (Å²) in [5, 5.41) is 18.0. The predicted molar refractivity (Wildman–Crippen MR) is 94.7 cm³/mol. The van der Waals surface area contributed by atoms with Crippen molar-refractivity contribution in [1.29, 1.82) is 0 Å². The molecule has 0 aliphatic carbocycles. The number of nitrogens with zero attached hydrogens (tertiary/aromatic N) is 1. The van der Waals surface area contributed by atoms with Gasteiger partial charge in [-0.15, -0.1) is 0 Å². The molecule has 0 aromatic rings. The highest BCUT2D eigenvalue weighted by Gasteiger charge is 2.35. The van der Waals surface area contributed by atoms with Gasteiger partial charge in [-0.2, -0.15) is 0 Å². The van der Waals surface area contributed by atoms with Crippen molar-refractivity contribution in [3.05, 3.63) is 23.9 Å². The first-order valence-corrected chi connectivity index (χ1v) is 8.93. The summed E-state index contributed by atoms with van der Waals surface area (Å²) in [5.41, 5.74) is 13.3. The van der Waals surface area contributed by atoms with Crippen LogP contribution < -0.4 is 11.5 Å². The quantitative estimate of drug-likeness (QED) is 0.518. The summed E-state index contributed by atoms with van der Waals surface area (Å²) in [5.74, 6) is -1.82. The van der Waals surface area contributed by atoms with Gasteiger partial charge in [-0.05, 0) is 56.1 Å². The van der Waals surface area contributed by atoms with Gasteiger partial charge in [0, 0.05) is 24.7 Å². The highest BCUT2D eigenvalue weighted by Crippen LogP contribution is 2.39. The Morgan fingerprint density at radius 1 is 1.20 bits per heavy atom. The average molecular weight is 351 g/mol. The number of rotatable bonds is 8. The summed E-state index contributed by atoms with van der Waals surface area (Å²) in [6, 6.07) is -1.41. The minimum Gasteiger partial charge on any atom is -0.480 e. The normalized spacial score (nSPS) is 25.8. The van der Waals surface area contributed by atoms with Crippen molar-refractivity contribution in [2.75, 3.05) is 6.54 Å². The Bertz CT molecular complexity index is 561. The second-order valence-electron chi connectivity index (χ2n) is 7.09. The van der Waals surface area contributed by atoms with E-state index in [-0.39, 0.29) is 5.92 Å². The third-order valence-electron chi connectivity index (χ3n) is 5.39. The minimum absolute atomic E-state index is 0.159. The lowest BCUT2D eigenvalue weighted by molar-refractivity contribution is -0.139. The molecule has 2 aliphatic rings. The standard InChI is InChI=1S/C18H29N3O4/c1-11-12(5-7-14(19)17(22)23)10-21-9-3-2-4-16(21)13(11)6-8-15(20)18(24)25/h10,13-16H,1-9,19-20H2,(H,22,23)(H,24,25). The number of allylic oxidation sites excluding steroid dienone is 1. The minimum atomic E-state index is -0.998. The zero-order valence-electron chi connectivity index (χ0n) is 14.6. The number of nitrogens with two attached hydrogens (primary N) is 2. The molecule has 7 heteroatoms. The summed E-state index contributed by atoms with van der Waals surface area (Å²) in [7, 11) is 0. The van der Waals surface area contributed by atoms with Crippen LogP contribution in [0.2, 0.25) is 0 Å². The molecule has 0 spiro atoms. The molecule has 4 atom stereocenters. The van der Waals surface area contributed by atoms with Crippen molar-refractivity contribution in [1.82, 2.24) is 4.90 Å². The molecule has 2 aliphatic heterocycles. The Morgan fingerprint density at radius 2 is 1.84 bits per heavy atom. The van der Waals surface area contributed by atoms with E-state index in [9.17, 15) is 9.59 Å². The fourth-order valence-corrected chi connectivity index (χ4v) is 3.83. The molecule has 0 aromatic heterocycles. The van der Waals surface area contributed by atoms with E-state index < -0.39 is 24.0 Å². The molecule has 2 rings (SSSR count). The molecule has 0 saturated carbocycles. The lowest BCUT2D eigenvalue weighted by Crippen LogP contribution is -2.45. The van der Waals surface area contributed by atoms with Crippen LogP contribution in [0.3, 0.4) is 0 Å². The van der Waals surface area contributed by atoms with E-state index in [0.717, 1.165) is 37.0 Å². The van der Waals surface area contributed by atoms with Gasteiger partial charge in [-0.25, -0.2) is 0 Å². The van der Waals surface area contributed by atoms with Gasteiger partial charge >= 0.3 is 11.9 Å². The molecule has 6 N–H and O–H groups in total. The molecular formula is C18H29N3O4. The largest absolute Gasteiger partial charge is 0.480 e. The topological polar surface area (TPSA) is 130 Å². The van der Waals surface area contributed by atoms with Crippen molar-refractivity contribution < 1.29 is 19.8 Å². The van der Waals surface area contributed by atoms with Crippen molar-refractivity contribution in [2.24, 2.45) is 17.4 Å². The van der Waals surface area contributed by atoms with E-state index in [2.05, 4.69) is 17.7 Å². The van der Waals surface area contributed by atoms with Crippen LogP contribution in [0.4, 0.5) is 0 Å². The SMILES string of the molecule is C=C1C(CCC(N)C(=O)O)=CN2CCCCC2C1CCC(N)C(=O)O. The van der Waals surface area contributed by atoms with Crippen LogP contribution in [0.5, 0.6) is 0 Å². The molecule has 0 bridgehead atoms. The van der Waals surface area contributed by atoms with E-state index in [4.69, 9.17) is 21.7 Å². The summed E-state index contributed by atoms with van der Waals surface area (Å²) in [4.78, 5) is 24.3. The summed E-state index contributed by atoms with van der Waals surface area (Å²) >= 11 is 0. The third kappa shape index (κ3) is 4.83. The fraction of sp³-hybridized carbons (Fsp3) is 0.667. The Morgan fingerprint density at radius 3 is 2.48 bits per heavy atom. The molecule has 140 valence electrons. The Balaban J connectivity index is 2.09. The number of aliphatic carboxylic acids is 2. The van der Waals surface area contributed by atoms with Gasteiger partial charge in [0.05, 0.1) is 0 Å². The zero-order valence-corrected chi connectivity index (χ0v) is 14.6. The van der Waals surface area contributed by atoms with Gasteiger partial charge in [0.25, 0.3) is 0 Å². The van der Waals surface area contributed by atoms with Gasteiger partial charge in [0.15, 0.2) is 0 Å². The molecule has 4 unspecified atom stereocenters. The van der Waals surface area contributed by atoms with Crippen molar-refractivity contribution in [2.45, 2.75) is 63.1 Å². The number of hydrogen-bond acceptors (Lipinski definition) is 5. The maximum absolute atomic E-state index is 11.0. The lowest BCUT2D eigenvalue weighted by atomic mass is 9.76. The molecule has 7 nitrogen and oxygen atoms in total. The first-order chi connectivity index (χ1) is 11.8. The zero-order chi connectivity index (χ0) is 18.6. The second kappa shape index (κ2) is 8.49. The van der Waals surface area contributed by atoms with Gasteiger partial charge < -0.3 is 26.6 Å². The lowest BCUT2D eigenvalue weighted by Gasteiger charge is -2.45. The molecule has 2 heterocycles. The first kappa shape index (κ1) is 19.5. The number of carbonyl (C=O) groups is 2. The van der Waals surface area contributed by atoms with Crippen LogP contribution in [0.25, 0.3) is 0 Å². The molecule has 0 aromatic carbocycles. The monoisotopic (exact) mass is 351 g/mol. The van der Waals surface area contributed by atoms with Gasteiger partial charge in [0.1, 0.15) is 12.1 Å². The van der Waals surface area contributed by atoms with Crippen LogP contribution in [0.1, 0.15) is 44.9 Å². The van der Waals surface area contributed by atoms with Crippen LogP contribution in [0, 0.1) is 5.92 Å². The highest BCUT2D eigenvalue weighted by atomic mass is 16.4. The van der Waals surface area contributed by atoms with Gasteiger partial charge in [-0.3, -0.25) is 9.59 Å². The number of carboxylic acids is 2. The van der Waals surface area contributed by atoms with Crippen LogP contribution >= 0.6 is 0 Å². The van der Waals surface area contributed by atoms with Crippen molar-refractivity contribution in [3.8, 4) is 0 Å². The number of hydrogen-bond donors (Lipinski definition) is 4. The maximum Gasteiger partial charge on any atom is 0.320 e. The fourth-order valence-electron chi connectivity index (χ4n) is 3.83. The Labute approximate surface area is 148 Å². The molecule has 25 heavy (non-hydrogen) atoms. The van der Waals surface area contributed by atoms with E-state index >= 15 is 0 Å². The molecule has 0 radical (unpaired) electrons. The van der Waals surface area contributed by atoms with E-state index in [1.54, 1.807) is 0 Å². The Kier molecular flexibility index (Phi) is 6.61. The molecule has 1 saturated heterocycles. The summed E-state index contributed by atoms with van der Waals surface area (Å²) in [6.07, 6.45) is 7.46. The van der Waals surface area contributed by atoms with Crippen molar-refractivity contribution in [3.63, 3.8) is 0 Å². The number of piperidine rings is 1. The average Bonchev–Trinajstić information content (AvgIpc) is 2.58. The van der Waals surface area contributed by atoms with Gasteiger partial charge in [-0.1, -0.05) is 6.58 Å². The number of fused-ring (bicyclic) bond motifs is 1. The maximum atomic E-state index is 11.0. The van der Waals surface area contributed by atoms with Gasteiger partial charge in [0.2, 0.25) is 0 Å². The van der Waals surface area contributed by atoms with Crippen LogP contribution in [0.15, 0.2) is 23.9 Å². The first-order valence-electron chi connectivity index (χ1n) is 8.93. The smallest absolute Gasteiger partial charge is 0.320 e. The van der Waals surface area contributed by atoms with E-state index in [0.29, 0.717) is 31.7 Å². The van der Waals surface area contributed by atoms with Crippen LogP contribution in [-0.4, -0.2) is 51.7 Å². The van der Waals surface area contributed by atoms with E-state index in [1.165, 1.54) is 0 Å².